The number of hydrogen-bond donors (Lipinski definition) is 1. The third-order valence-electron chi connectivity index (χ3n) is 4.30. The van der Waals surface area contributed by atoms with Crippen molar-refractivity contribution in [1.82, 2.24) is 10.2 Å². The fourth-order valence-electron chi connectivity index (χ4n) is 2.92. The van der Waals surface area contributed by atoms with Crippen LogP contribution in [0.1, 0.15) is 38.2 Å². The van der Waals surface area contributed by atoms with Crippen LogP contribution in [0.2, 0.25) is 0 Å². The zero-order valence-electron chi connectivity index (χ0n) is 11.5. The fraction of sp³-hybridized carbons (Fsp3) is 0.667. The first kappa shape index (κ1) is 13.1. The second-order valence-electron chi connectivity index (χ2n) is 6.14. The first-order chi connectivity index (χ1) is 9.19. The van der Waals surface area contributed by atoms with Gasteiger partial charge in [-0.15, -0.1) is 0 Å². The highest BCUT2D eigenvalue weighted by Gasteiger charge is 2.42. The molecule has 104 valence electrons. The molecule has 2 aliphatic rings. The topological polar surface area (TPSA) is 32.3 Å². The maximum atomic E-state index is 12.9. The van der Waals surface area contributed by atoms with Crippen LogP contribution in [0.3, 0.4) is 0 Å². The van der Waals surface area contributed by atoms with Crippen LogP contribution in [0.15, 0.2) is 16.8 Å². The minimum Gasteiger partial charge on any atom is -0.335 e. The molecule has 1 aliphatic carbocycles. The Morgan fingerprint density at radius 3 is 3.00 bits per heavy atom. The number of carbonyl (C=O) groups is 1. The molecule has 3 rings (SSSR count). The lowest BCUT2D eigenvalue weighted by molar-refractivity contribution is -0.143. The highest BCUT2D eigenvalue weighted by Crippen LogP contribution is 2.35. The van der Waals surface area contributed by atoms with Gasteiger partial charge in [-0.3, -0.25) is 4.79 Å². The molecule has 4 heteroatoms. The number of rotatable bonds is 4. The Balaban J connectivity index is 1.74. The van der Waals surface area contributed by atoms with Crippen LogP contribution in [-0.4, -0.2) is 29.9 Å². The highest BCUT2D eigenvalue weighted by molar-refractivity contribution is 7.07. The fourth-order valence-corrected chi connectivity index (χ4v) is 3.58. The smallest absolute Gasteiger partial charge is 0.230 e. The number of piperidine rings is 1. The summed E-state index contributed by atoms with van der Waals surface area (Å²) in [5, 5.41) is 7.63. The van der Waals surface area contributed by atoms with E-state index in [-0.39, 0.29) is 5.41 Å². The normalized spacial score (nSPS) is 27.2. The van der Waals surface area contributed by atoms with Crippen molar-refractivity contribution in [2.75, 3.05) is 13.1 Å². The molecule has 1 unspecified atom stereocenters. The summed E-state index contributed by atoms with van der Waals surface area (Å²) in [7, 11) is 0. The molecule has 1 saturated heterocycles. The van der Waals surface area contributed by atoms with E-state index >= 15 is 0 Å². The van der Waals surface area contributed by atoms with Crippen molar-refractivity contribution in [2.24, 2.45) is 5.41 Å². The molecule has 1 atom stereocenters. The van der Waals surface area contributed by atoms with Crippen LogP contribution < -0.4 is 5.32 Å². The average Bonchev–Trinajstić information content (AvgIpc) is 3.13. The molecular formula is C15H22N2OS. The summed E-state index contributed by atoms with van der Waals surface area (Å²) in [4.78, 5) is 15.1. The minimum atomic E-state index is -0.198. The molecular weight excluding hydrogens is 256 g/mol. The van der Waals surface area contributed by atoms with Crippen LogP contribution in [0.25, 0.3) is 0 Å². The first-order valence-corrected chi connectivity index (χ1v) is 8.16. The van der Waals surface area contributed by atoms with Crippen LogP contribution in [-0.2, 0) is 11.3 Å². The molecule has 0 bridgehead atoms. The van der Waals surface area contributed by atoms with Crippen molar-refractivity contribution in [2.45, 2.75) is 45.2 Å². The van der Waals surface area contributed by atoms with Crippen molar-refractivity contribution in [3.8, 4) is 0 Å². The number of thiophene rings is 1. The summed E-state index contributed by atoms with van der Waals surface area (Å²) >= 11 is 1.71. The van der Waals surface area contributed by atoms with Gasteiger partial charge in [0, 0.05) is 19.1 Å². The number of hydrogen-bond acceptors (Lipinski definition) is 3. The summed E-state index contributed by atoms with van der Waals surface area (Å²) in [6.07, 6.45) is 4.49. The van der Waals surface area contributed by atoms with E-state index in [1.807, 2.05) is 0 Å². The van der Waals surface area contributed by atoms with Crippen LogP contribution in [0, 0.1) is 5.41 Å². The van der Waals surface area contributed by atoms with Gasteiger partial charge in [-0.25, -0.2) is 0 Å². The third-order valence-corrected chi connectivity index (χ3v) is 5.03. The van der Waals surface area contributed by atoms with E-state index in [1.165, 1.54) is 18.4 Å². The summed E-state index contributed by atoms with van der Waals surface area (Å²) in [5.74, 6) is 0.355. The average molecular weight is 278 g/mol. The van der Waals surface area contributed by atoms with E-state index < -0.39 is 0 Å². The number of amides is 1. The van der Waals surface area contributed by atoms with Crippen molar-refractivity contribution >= 4 is 17.2 Å². The van der Waals surface area contributed by atoms with E-state index in [0.717, 1.165) is 32.5 Å². The lowest BCUT2D eigenvalue weighted by Gasteiger charge is -2.37. The molecule has 0 aromatic carbocycles. The molecule has 1 aromatic heterocycles. The molecule has 2 fully saturated rings. The highest BCUT2D eigenvalue weighted by atomic mass is 32.1. The van der Waals surface area contributed by atoms with E-state index in [0.29, 0.717) is 11.9 Å². The Morgan fingerprint density at radius 1 is 1.58 bits per heavy atom. The van der Waals surface area contributed by atoms with Gasteiger partial charge in [-0.2, -0.15) is 11.3 Å². The summed E-state index contributed by atoms with van der Waals surface area (Å²) in [5.41, 5.74) is 1.08. The molecule has 1 saturated carbocycles. The van der Waals surface area contributed by atoms with Gasteiger partial charge in [-0.05, 0) is 61.5 Å². The zero-order chi connectivity index (χ0) is 13.3. The third kappa shape index (κ3) is 2.84. The number of carbonyl (C=O) groups excluding carboxylic acids is 1. The second-order valence-corrected chi connectivity index (χ2v) is 6.92. The van der Waals surface area contributed by atoms with E-state index in [1.54, 1.807) is 11.3 Å². The van der Waals surface area contributed by atoms with Crippen molar-refractivity contribution in [1.29, 1.82) is 0 Å². The molecule has 0 radical (unpaired) electrons. The van der Waals surface area contributed by atoms with Gasteiger partial charge in [-0.1, -0.05) is 0 Å². The van der Waals surface area contributed by atoms with E-state index in [2.05, 4.69) is 34.0 Å². The molecule has 1 aliphatic heterocycles. The Hall–Kier alpha value is -0.870. The SMILES string of the molecule is CC1(C(=O)N(Cc2ccsc2)C2CC2)CCCNC1. The summed E-state index contributed by atoms with van der Waals surface area (Å²) < 4.78 is 0. The monoisotopic (exact) mass is 278 g/mol. The molecule has 1 amide bonds. The zero-order valence-corrected chi connectivity index (χ0v) is 12.3. The molecule has 19 heavy (non-hydrogen) atoms. The largest absolute Gasteiger partial charge is 0.335 e. The van der Waals surface area contributed by atoms with Gasteiger partial charge in [0.2, 0.25) is 5.91 Å². The second kappa shape index (κ2) is 5.25. The van der Waals surface area contributed by atoms with Crippen molar-refractivity contribution < 1.29 is 4.79 Å². The Bertz CT molecular complexity index is 433. The predicted octanol–water partition coefficient (Wildman–Crippen LogP) is 2.63. The predicted molar refractivity (Wildman–Crippen MR) is 78.1 cm³/mol. The van der Waals surface area contributed by atoms with Crippen molar-refractivity contribution in [3.05, 3.63) is 22.4 Å². The lowest BCUT2D eigenvalue weighted by atomic mass is 9.81. The Labute approximate surface area is 119 Å². The number of nitrogens with one attached hydrogen (secondary N) is 1. The molecule has 0 spiro atoms. The number of nitrogens with zero attached hydrogens (tertiary/aromatic N) is 1. The van der Waals surface area contributed by atoms with Gasteiger partial charge in [0.1, 0.15) is 0 Å². The standard InChI is InChI=1S/C15H22N2OS/c1-15(6-2-7-16-11-15)14(18)17(13-3-4-13)9-12-5-8-19-10-12/h5,8,10,13,16H,2-4,6-7,9,11H2,1H3. The van der Waals surface area contributed by atoms with Crippen LogP contribution >= 0.6 is 11.3 Å². The molecule has 1 N–H and O–H groups in total. The molecule has 2 heterocycles. The maximum Gasteiger partial charge on any atom is 0.230 e. The quantitative estimate of drug-likeness (QED) is 0.918. The van der Waals surface area contributed by atoms with Gasteiger partial charge < -0.3 is 10.2 Å². The van der Waals surface area contributed by atoms with Crippen LogP contribution in [0.5, 0.6) is 0 Å². The van der Waals surface area contributed by atoms with E-state index in [9.17, 15) is 4.79 Å². The van der Waals surface area contributed by atoms with Gasteiger partial charge in [0.15, 0.2) is 0 Å². The lowest BCUT2D eigenvalue weighted by Crippen LogP contribution is -2.50. The molecule has 1 aromatic rings. The first-order valence-electron chi connectivity index (χ1n) is 7.22. The van der Waals surface area contributed by atoms with Gasteiger partial charge in [0.25, 0.3) is 0 Å². The Morgan fingerprint density at radius 2 is 2.42 bits per heavy atom. The van der Waals surface area contributed by atoms with Crippen molar-refractivity contribution in [3.63, 3.8) is 0 Å². The summed E-state index contributed by atoms with van der Waals surface area (Å²) in [6, 6.07) is 2.63. The van der Waals surface area contributed by atoms with Crippen LogP contribution in [0.4, 0.5) is 0 Å². The van der Waals surface area contributed by atoms with Gasteiger partial charge >= 0.3 is 0 Å². The van der Waals surface area contributed by atoms with Gasteiger partial charge in [0.05, 0.1) is 5.41 Å². The minimum absolute atomic E-state index is 0.198. The van der Waals surface area contributed by atoms with E-state index in [4.69, 9.17) is 0 Å². The summed E-state index contributed by atoms with van der Waals surface area (Å²) in [6.45, 7) is 4.81. The molecule has 3 nitrogen and oxygen atoms in total. The maximum absolute atomic E-state index is 12.9. The Kier molecular flexibility index (Phi) is 3.63.